The predicted molar refractivity (Wildman–Crippen MR) is 198 cm³/mol. The van der Waals surface area contributed by atoms with Gasteiger partial charge in [-0.1, -0.05) is 207 Å². The second-order valence-electron chi connectivity index (χ2n) is 14.7. The lowest BCUT2D eigenvalue weighted by Crippen LogP contribution is -2.44. The lowest BCUT2D eigenvalue weighted by molar-refractivity contribution is 0.0331. The zero-order valence-corrected chi connectivity index (χ0v) is 31.6. The molecule has 2 atom stereocenters. The topological polar surface area (TPSA) is 63.5 Å². The molecule has 0 saturated heterocycles. The van der Waals surface area contributed by atoms with E-state index in [-0.39, 0.29) is 0 Å². The van der Waals surface area contributed by atoms with Crippen LogP contribution in [0.3, 0.4) is 0 Å². The molecule has 44 heavy (non-hydrogen) atoms. The van der Waals surface area contributed by atoms with Crippen molar-refractivity contribution in [3.8, 4) is 0 Å². The summed E-state index contributed by atoms with van der Waals surface area (Å²) >= 11 is -1.20. The van der Waals surface area contributed by atoms with Crippen LogP contribution >= 0.6 is 0 Å². The highest BCUT2D eigenvalue weighted by atomic mass is 32.2. The Morgan fingerprint density at radius 3 is 0.727 bits per heavy atom. The Labute approximate surface area is 281 Å². The molecule has 0 aliphatic carbocycles. The molecule has 0 aliphatic rings. The summed E-state index contributed by atoms with van der Waals surface area (Å²) in [6, 6.07) is 0. The number of hydrogen-bond donors (Lipinski definition) is 2. The highest BCUT2D eigenvalue weighted by Crippen LogP contribution is 2.30. The van der Waals surface area contributed by atoms with Crippen LogP contribution in [-0.2, 0) is 11.2 Å². The maximum atomic E-state index is 13.7. The quantitative estimate of drug-likeness (QED) is 0.0528. The van der Waals surface area contributed by atoms with Crippen LogP contribution in [0.15, 0.2) is 0 Å². The minimum Gasteiger partial charge on any atom is -0.616 e. The fraction of sp³-hybridized carbons (Fsp3) is 1.00. The third-order valence-corrected chi connectivity index (χ3v) is 11.6. The predicted octanol–water partition coefficient (Wildman–Crippen LogP) is 12.8. The Morgan fingerprint density at radius 2 is 0.523 bits per heavy atom. The molecule has 0 fully saturated rings. The van der Waals surface area contributed by atoms with Crippen molar-refractivity contribution in [2.45, 2.75) is 244 Å². The normalized spacial score (nSPS) is 15.3. The number of hydrogen-bond acceptors (Lipinski definition) is 3. The SMILES string of the molecule is CCCCCCCCCCC(O)(CCCCCCCC)C[S+]([O-])CC(O)(CCCCCCCC)CCCCCCCCCC. The third-order valence-electron chi connectivity index (χ3n) is 9.84. The minimum absolute atomic E-state index is 0.342. The Kier molecular flexibility index (Phi) is 32.0. The highest BCUT2D eigenvalue weighted by Gasteiger charge is 2.37. The van der Waals surface area contributed by atoms with Crippen molar-refractivity contribution in [2.24, 2.45) is 0 Å². The zero-order chi connectivity index (χ0) is 32.6. The van der Waals surface area contributed by atoms with Gasteiger partial charge >= 0.3 is 0 Å². The van der Waals surface area contributed by atoms with E-state index in [1.54, 1.807) is 0 Å². The van der Waals surface area contributed by atoms with Crippen LogP contribution in [0.4, 0.5) is 0 Å². The van der Waals surface area contributed by atoms with Gasteiger partial charge in [-0.05, 0) is 36.9 Å². The minimum atomic E-state index is -1.20. The van der Waals surface area contributed by atoms with Gasteiger partial charge in [-0.3, -0.25) is 0 Å². The van der Waals surface area contributed by atoms with Gasteiger partial charge in [-0.25, -0.2) is 0 Å². The average Bonchev–Trinajstić information content (AvgIpc) is 2.99. The summed E-state index contributed by atoms with van der Waals surface area (Å²) in [6.45, 7) is 9.03. The molecule has 2 N–H and O–H groups in total. The summed E-state index contributed by atoms with van der Waals surface area (Å²) in [7, 11) is 0. The van der Waals surface area contributed by atoms with Crippen molar-refractivity contribution in [3.05, 3.63) is 0 Å². The van der Waals surface area contributed by atoms with E-state index in [1.165, 1.54) is 128 Å². The van der Waals surface area contributed by atoms with Crippen molar-refractivity contribution in [3.63, 3.8) is 0 Å². The molecular weight excluding hydrogens is 561 g/mol. The first kappa shape index (κ1) is 44.2. The standard InChI is InChI=1S/C40H82O3S/c1-5-9-13-17-21-23-27-31-35-39(41,33-29-25-19-15-11-7-3)37-44(43)38-40(42,34-30-26-20-16-12-8-4)36-32-28-24-22-18-14-10-6-2/h41-42H,5-38H2,1-4H3. The van der Waals surface area contributed by atoms with Crippen LogP contribution in [0.5, 0.6) is 0 Å². The molecule has 0 amide bonds. The Bertz CT molecular complexity index is 525. The molecule has 0 aromatic rings. The number of rotatable bonds is 36. The first-order valence-electron chi connectivity index (χ1n) is 20.1. The first-order chi connectivity index (χ1) is 21.3. The summed E-state index contributed by atoms with van der Waals surface area (Å²) in [5.41, 5.74) is -1.70. The van der Waals surface area contributed by atoms with Crippen molar-refractivity contribution < 1.29 is 14.8 Å². The molecule has 0 radical (unpaired) electrons. The Balaban J connectivity index is 5.01. The van der Waals surface area contributed by atoms with Crippen molar-refractivity contribution in [1.82, 2.24) is 0 Å². The van der Waals surface area contributed by atoms with Gasteiger partial charge in [-0.2, -0.15) is 0 Å². The Hall–Kier alpha value is 0.230. The largest absolute Gasteiger partial charge is 0.616 e. The fourth-order valence-electron chi connectivity index (χ4n) is 6.83. The van der Waals surface area contributed by atoms with Gasteiger partial charge in [0.1, 0.15) is 22.7 Å². The molecule has 0 spiro atoms. The number of unbranched alkanes of at least 4 members (excludes halogenated alkanes) is 24. The van der Waals surface area contributed by atoms with Gasteiger partial charge in [0.05, 0.1) is 0 Å². The molecule has 0 heterocycles. The molecule has 0 aliphatic heterocycles. The zero-order valence-electron chi connectivity index (χ0n) is 30.8. The molecule has 0 rings (SSSR count). The van der Waals surface area contributed by atoms with Gasteiger partial charge in [-0.15, -0.1) is 0 Å². The third kappa shape index (κ3) is 28.5. The summed E-state index contributed by atoms with van der Waals surface area (Å²) in [6.07, 6.45) is 37.6. The van der Waals surface area contributed by atoms with Crippen LogP contribution < -0.4 is 0 Å². The van der Waals surface area contributed by atoms with Crippen LogP contribution in [0.25, 0.3) is 0 Å². The molecular formula is C40H82O3S. The van der Waals surface area contributed by atoms with E-state index in [1.807, 2.05) is 0 Å². The van der Waals surface area contributed by atoms with Crippen LogP contribution in [0, 0.1) is 0 Å². The van der Waals surface area contributed by atoms with E-state index in [2.05, 4.69) is 27.7 Å². The maximum Gasteiger partial charge on any atom is 0.134 e. The lowest BCUT2D eigenvalue weighted by atomic mass is 9.91. The van der Waals surface area contributed by atoms with Gasteiger partial charge in [0.25, 0.3) is 0 Å². The molecule has 266 valence electrons. The van der Waals surface area contributed by atoms with Crippen LogP contribution in [0.2, 0.25) is 0 Å². The lowest BCUT2D eigenvalue weighted by Gasteiger charge is -2.33. The molecule has 4 heteroatoms. The van der Waals surface area contributed by atoms with E-state index in [9.17, 15) is 14.8 Å². The summed E-state index contributed by atoms with van der Waals surface area (Å²) in [5, 5.41) is 23.6. The smallest absolute Gasteiger partial charge is 0.134 e. The average molecular weight is 643 g/mol. The van der Waals surface area contributed by atoms with E-state index < -0.39 is 22.4 Å². The Morgan fingerprint density at radius 1 is 0.341 bits per heavy atom. The second kappa shape index (κ2) is 31.8. The first-order valence-corrected chi connectivity index (χ1v) is 21.6. The number of aliphatic hydroxyl groups is 2. The van der Waals surface area contributed by atoms with E-state index in [0.29, 0.717) is 11.5 Å². The van der Waals surface area contributed by atoms with Gasteiger partial charge in [0.2, 0.25) is 0 Å². The van der Waals surface area contributed by atoms with E-state index in [4.69, 9.17) is 0 Å². The fourth-order valence-corrected chi connectivity index (χ4v) is 8.71. The van der Waals surface area contributed by atoms with E-state index in [0.717, 1.165) is 77.0 Å². The summed E-state index contributed by atoms with van der Waals surface area (Å²) in [5.74, 6) is 0.684. The monoisotopic (exact) mass is 643 g/mol. The van der Waals surface area contributed by atoms with Crippen LogP contribution in [-0.4, -0.2) is 37.5 Å². The molecule has 0 saturated carbocycles. The summed E-state index contributed by atoms with van der Waals surface area (Å²) in [4.78, 5) is 0. The van der Waals surface area contributed by atoms with Crippen LogP contribution in [0.1, 0.15) is 233 Å². The van der Waals surface area contributed by atoms with Crippen molar-refractivity contribution in [1.29, 1.82) is 0 Å². The maximum absolute atomic E-state index is 13.7. The van der Waals surface area contributed by atoms with Gasteiger partial charge < -0.3 is 14.8 Å². The molecule has 0 aromatic heterocycles. The van der Waals surface area contributed by atoms with Gasteiger partial charge in [0, 0.05) is 0 Å². The van der Waals surface area contributed by atoms with Crippen molar-refractivity contribution in [2.75, 3.05) is 11.5 Å². The molecule has 0 bridgehead atoms. The molecule has 3 nitrogen and oxygen atoms in total. The highest BCUT2D eigenvalue weighted by molar-refractivity contribution is 7.91. The summed E-state index contributed by atoms with van der Waals surface area (Å²) < 4.78 is 13.7. The second-order valence-corrected chi connectivity index (χ2v) is 16.1. The van der Waals surface area contributed by atoms with Crippen molar-refractivity contribution >= 4 is 11.2 Å². The van der Waals surface area contributed by atoms with E-state index >= 15 is 0 Å². The molecule has 2 unspecified atom stereocenters. The molecule has 0 aromatic carbocycles. The van der Waals surface area contributed by atoms with Gasteiger partial charge in [0.15, 0.2) is 0 Å².